The highest BCUT2D eigenvalue weighted by Crippen LogP contribution is 2.36. The molecule has 2 aromatic rings. The Bertz CT molecular complexity index is 928. The van der Waals surface area contributed by atoms with Crippen LogP contribution in [0.4, 0.5) is 10.5 Å². The fraction of sp³-hybridized carbons (Fsp3) is 0.519. The van der Waals surface area contributed by atoms with Crippen molar-refractivity contribution in [2.75, 3.05) is 38.6 Å². The number of anilines is 1. The molecular formula is C27H37N3O3. The Morgan fingerprint density at radius 1 is 0.970 bits per heavy atom. The first kappa shape index (κ1) is 23.4. The van der Waals surface area contributed by atoms with Crippen molar-refractivity contribution >= 4 is 11.7 Å². The highest BCUT2D eigenvalue weighted by atomic mass is 16.5. The number of rotatable bonds is 5. The van der Waals surface area contributed by atoms with Gasteiger partial charge in [0.25, 0.3) is 0 Å². The van der Waals surface area contributed by atoms with Crippen molar-refractivity contribution in [2.45, 2.75) is 57.4 Å². The molecule has 2 aliphatic rings. The Kier molecular flexibility index (Phi) is 7.43. The smallest absolute Gasteiger partial charge is 0.321 e. The summed E-state index contributed by atoms with van der Waals surface area (Å²) >= 11 is 0. The third kappa shape index (κ3) is 5.61. The molecule has 2 aromatic carbocycles. The number of amides is 2. The first-order valence-corrected chi connectivity index (χ1v) is 12.2. The third-order valence-electron chi connectivity index (χ3n) is 7.33. The standard InChI is InChI=1S/C27H37N3O3/c1-19(2)29-14-12-22(13-15-29)25-18-23(6-9-26(25)33-3)28-27(32)30-16-10-21(11-17-30)20-4-7-24(31)8-5-20/h4-9,18-19,21-22,31H,10-17H2,1-3H3,(H,28,32). The first-order chi connectivity index (χ1) is 15.9. The van der Waals surface area contributed by atoms with Crippen LogP contribution in [-0.4, -0.2) is 60.3 Å². The first-order valence-electron chi connectivity index (χ1n) is 12.2. The molecular weight excluding hydrogens is 414 g/mol. The molecule has 0 spiro atoms. The van der Waals surface area contributed by atoms with Crippen LogP contribution in [0, 0.1) is 0 Å². The lowest BCUT2D eigenvalue weighted by molar-refractivity contribution is 0.171. The second kappa shape index (κ2) is 10.5. The minimum atomic E-state index is -0.0371. The number of hydrogen-bond donors (Lipinski definition) is 2. The number of urea groups is 1. The van der Waals surface area contributed by atoms with Crippen LogP contribution in [0.25, 0.3) is 0 Å². The van der Waals surface area contributed by atoms with Crippen molar-refractivity contribution in [3.63, 3.8) is 0 Å². The number of phenolic OH excluding ortho intramolecular Hbond substituents is 1. The Balaban J connectivity index is 1.36. The van der Waals surface area contributed by atoms with E-state index in [0.29, 0.717) is 23.6 Å². The lowest BCUT2D eigenvalue weighted by atomic mass is 9.88. The Hall–Kier alpha value is -2.73. The molecule has 0 radical (unpaired) electrons. The molecule has 0 aliphatic carbocycles. The van der Waals surface area contributed by atoms with Gasteiger partial charge in [-0.2, -0.15) is 0 Å². The highest BCUT2D eigenvalue weighted by molar-refractivity contribution is 5.89. The average Bonchev–Trinajstić information content (AvgIpc) is 2.84. The quantitative estimate of drug-likeness (QED) is 0.639. The van der Waals surface area contributed by atoms with E-state index in [-0.39, 0.29) is 6.03 Å². The molecule has 4 rings (SSSR count). The van der Waals surface area contributed by atoms with Crippen LogP contribution in [0.2, 0.25) is 0 Å². The lowest BCUT2D eigenvalue weighted by Gasteiger charge is -2.35. The maximum Gasteiger partial charge on any atom is 0.321 e. The fourth-order valence-corrected chi connectivity index (χ4v) is 5.22. The van der Waals surface area contributed by atoms with Gasteiger partial charge >= 0.3 is 6.03 Å². The normalized spacial score (nSPS) is 18.5. The molecule has 2 amide bonds. The molecule has 0 atom stereocenters. The molecule has 0 bridgehead atoms. The summed E-state index contributed by atoms with van der Waals surface area (Å²) in [4.78, 5) is 17.4. The number of phenols is 1. The third-order valence-corrected chi connectivity index (χ3v) is 7.33. The van der Waals surface area contributed by atoms with Gasteiger partial charge in [0.05, 0.1) is 7.11 Å². The van der Waals surface area contributed by atoms with Crippen LogP contribution < -0.4 is 10.1 Å². The number of benzene rings is 2. The maximum absolute atomic E-state index is 13.0. The summed E-state index contributed by atoms with van der Waals surface area (Å²) in [7, 11) is 1.72. The number of carbonyl (C=O) groups excluding carboxylic acids is 1. The van der Waals surface area contributed by atoms with Gasteiger partial charge in [-0.05, 0) is 106 Å². The van der Waals surface area contributed by atoms with Crippen LogP contribution in [0.15, 0.2) is 42.5 Å². The number of hydrogen-bond acceptors (Lipinski definition) is 4. The Labute approximate surface area is 197 Å². The molecule has 33 heavy (non-hydrogen) atoms. The minimum absolute atomic E-state index is 0.0371. The largest absolute Gasteiger partial charge is 0.508 e. The summed E-state index contributed by atoms with van der Waals surface area (Å²) in [6.07, 6.45) is 4.08. The van der Waals surface area contributed by atoms with Gasteiger partial charge in [-0.15, -0.1) is 0 Å². The highest BCUT2D eigenvalue weighted by Gasteiger charge is 2.26. The number of aromatic hydroxyl groups is 1. The molecule has 6 heteroatoms. The molecule has 0 aromatic heterocycles. The molecule has 0 unspecified atom stereocenters. The Morgan fingerprint density at radius 2 is 1.61 bits per heavy atom. The molecule has 0 saturated carbocycles. The maximum atomic E-state index is 13.0. The summed E-state index contributed by atoms with van der Waals surface area (Å²) in [5, 5.41) is 12.6. The molecule has 2 saturated heterocycles. The van der Waals surface area contributed by atoms with E-state index in [4.69, 9.17) is 4.74 Å². The zero-order valence-corrected chi connectivity index (χ0v) is 20.1. The predicted octanol–water partition coefficient (Wildman–Crippen LogP) is 5.40. The average molecular weight is 452 g/mol. The van der Waals surface area contributed by atoms with Crippen molar-refractivity contribution in [1.29, 1.82) is 0 Å². The Morgan fingerprint density at radius 3 is 2.21 bits per heavy atom. The summed E-state index contributed by atoms with van der Waals surface area (Å²) in [6, 6.07) is 14.0. The van der Waals surface area contributed by atoms with Gasteiger partial charge in [0.1, 0.15) is 11.5 Å². The van der Waals surface area contributed by atoms with E-state index in [1.54, 1.807) is 19.2 Å². The summed E-state index contributed by atoms with van der Waals surface area (Å²) in [5.74, 6) is 2.08. The monoisotopic (exact) mass is 451 g/mol. The van der Waals surface area contributed by atoms with Crippen molar-refractivity contribution in [1.82, 2.24) is 9.80 Å². The topological polar surface area (TPSA) is 65.0 Å². The molecule has 6 nitrogen and oxygen atoms in total. The zero-order valence-electron chi connectivity index (χ0n) is 20.1. The summed E-state index contributed by atoms with van der Waals surface area (Å²) in [6.45, 7) is 8.16. The van der Waals surface area contributed by atoms with E-state index in [2.05, 4.69) is 30.1 Å². The number of likely N-dealkylation sites (tertiary alicyclic amines) is 2. The van der Waals surface area contributed by atoms with Gasteiger partial charge in [0, 0.05) is 24.8 Å². The lowest BCUT2D eigenvalue weighted by Crippen LogP contribution is -2.40. The van der Waals surface area contributed by atoms with Crippen LogP contribution in [0.1, 0.15) is 62.5 Å². The number of carbonyl (C=O) groups is 1. The molecule has 2 N–H and O–H groups in total. The van der Waals surface area contributed by atoms with Gasteiger partial charge in [-0.1, -0.05) is 12.1 Å². The van der Waals surface area contributed by atoms with Crippen molar-refractivity contribution < 1.29 is 14.6 Å². The van der Waals surface area contributed by atoms with E-state index in [0.717, 1.165) is 63.3 Å². The number of methoxy groups -OCH3 is 1. The van der Waals surface area contributed by atoms with E-state index >= 15 is 0 Å². The predicted molar refractivity (Wildman–Crippen MR) is 132 cm³/mol. The van der Waals surface area contributed by atoms with Crippen LogP contribution in [0.5, 0.6) is 11.5 Å². The molecule has 2 aliphatic heterocycles. The SMILES string of the molecule is COc1ccc(NC(=O)N2CCC(c3ccc(O)cc3)CC2)cc1C1CCN(C(C)C)CC1. The summed E-state index contributed by atoms with van der Waals surface area (Å²) < 4.78 is 5.66. The van der Waals surface area contributed by atoms with Crippen molar-refractivity contribution in [3.05, 3.63) is 53.6 Å². The van der Waals surface area contributed by atoms with Crippen molar-refractivity contribution in [3.8, 4) is 11.5 Å². The molecule has 178 valence electrons. The molecule has 2 heterocycles. The van der Waals surface area contributed by atoms with Crippen LogP contribution in [-0.2, 0) is 0 Å². The van der Waals surface area contributed by atoms with Crippen molar-refractivity contribution in [2.24, 2.45) is 0 Å². The van der Waals surface area contributed by atoms with Gasteiger partial charge in [0.15, 0.2) is 0 Å². The van der Waals surface area contributed by atoms with Gasteiger partial charge < -0.3 is 25.0 Å². The van der Waals surface area contributed by atoms with E-state index in [1.165, 1.54) is 11.1 Å². The van der Waals surface area contributed by atoms with Gasteiger partial charge in [-0.25, -0.2) is 4.79 Å². The van der Waals surface area contributed by atoms with E-state index in [9.17, 15) is 9.90 Å². The fourth-order valence-electron chi connectivity index (χ4n) is 5.22. The second-order valence-corrected chi connectivity index (χ2v) is 9.64. The zero-order chi connectivity index (χ0) is 23.4. The van der Waals surface area contributed by atoms with E-state index in [1.807, 2.05) is 29.2 Å². The van der Waals surface area contributed by atoms with Gasteiger partial charge in [-0.3, -0.25) is 0 Å². The minimum Gasteiger partial charge on any atom is -0.508 e. The van der Waals surface area contributed by atoms with E-state index < -0.39 is 0 Å². The number of ether oxygens (including phenoxy) is 1. The van der Waals surface area contributed by atoms with Crippen LogP contribution in [0.3, 0.4) is 0 Å². The summed E-state index contributed by atoms with van der Waals surface area (Å²) in [5.41, 5.74) is 3.27. The number of nitrogens with zero attached hydrogens (tertiary/aromatic N) is 2. The number of nitrogens with one attached hydrogen (secondary N) is 1. The van der Waals surface area contributed by atoms with Gasteiger partial charge in [0.2, 0.25) is 0 Å². The number of piperidine rings is 2. The second-order valence-electron chi connectivity index (χ2n) is 9.64. The molecule has 2 fully saturated rings. The van der Waals surface area contributed by atoms with Crippen LogP contribution >= 0.6 is 0 Å².